The highest BCUT2D eigenvalue weighted by molar-refractivity contribution is 7.17. The summed E-state index contributed by atoms with van der Waals surface area (Å²) < 4.78 is 0. The molecule has 1 unspecified atom stereocenters. The summed E-state index contributed by atoms with van der Waals surface area (Å²) >= 11 is 1.52. The van der Waals surface area contributed by atoms with Crippen LogP contribution in [0.2, 0.25) is 0 Å². The van der Waals surface area contributed by atoms with Crippen LogP contribution in [0.1, 0.15) is 69.7 Å². The van der Waals surface area contributed by atoms with Crippen molar-refractivity contribution in [3.8, 4) is 0 Å². The van der Waals surface area contributed by atoms with E-state index in [1.807, 2.05) is 4.90 Å². The van der Waals surface area contributed by atoms with Crippen molar-refractivity contribution in [1.29, 1.82) is 0 Å². The van der Waals surface area contributed by atoms with Crippen LogP contribution in [0.3, 0.4) is 0 Å². The van der Waals surface area contributed by atoms with E-state index >= 15 is 0 Å². The Morgan fingerprint density at radius 3 is 2.72 bits per heavy atom. The average Bonchev–Trinajstić information content (AvgIpc) is 3.57. The van der Waals surface area contributed by atoms with Crippen molar-refractivity contribution in [2.45, 2.75) is 57.4 Å². The third kappa shape index (κ3) is 4.41. The van der Waals surface area contributed by atoms with Crippen LogP contribution in [0, 0.1) is 5.92 Å². The predicted octanol–water partition coefficient (Wildman–Crippen LogP) is 3.41. The number of anilines is 1. The lowest BCUT2D eigenvalue weighted by Gasteiger charge is -2.32. The highest BCUT2D eigenvalue weighted by Gasteiger charge is 2.35. The zero-order valence-corrected chi connectivity index (χ0v) is 18.9. The second-order valence-electron chi connectivity index (χ2n) is 8.98. The summed E-state index contributed by atoms with van der Waals surface area (Å²) in [4.78, 5) is 46.1. The third-order valence-corrected chi connectivity index (χ3v) is 7.75. The summed E-state index contributed by atoms with van der Waals surface area (Å²) in [5.74, 6) is -0.403. The summed E-state index contributed by atoms with van der Waals surface area (Å²) in [6.07, 6.45) is 10.8. The second-order valence-corrected chi connectivity index (χ2v) is 10.1. The number of carbonyl (C=O) groups excluding carboxylic acids is 3. The number of hydrogen-bond donors (Lipinski definition) is 2. The number of hydrogen-bond acceptors (Lipinski definition) is 5. The van der Waals surface area contributed by atoms with Gasteiger partial charge < -0.3 is 15.5 Å². The van der Waals surface area contributed by atoms with Crippen molar-refractivity contribution in [3.05, 3.63) is 46.1 Å². The first kappa shape index (κ1) is 21.1. The smallest absolute Gasteiger partial charge is 0.257 e. The number of nitrogens with zero attached hydrogens (tertiary/aromatic N) is 2. The molecule has 3 amide bonds. The number of rotatable bonds is 5. The lowest BCUT2D eigenvalue weighted by Crippen LogP contribution is -2.46. The molecule has 1 saturated carbocycles. The van der Waals surface area contributed by atoms with Crippen LogP contribution in [0.15, 0.2) is 24.5 Å². The van der Waals surface area contributed by atoms with Gasteiger partial charge in [0.15, 0.2) is 0 Å². The normalized spacial score (nSPS) is 20.4. The monoisotopic (exact) mass is 452 g/mol. The summed E-state index contributed by atoms with van der Waals surface area (Å²) in [7, 11) is 0. The molecule has 3 heterocycles. The molecule has 7 nitrogen and oxygen atoms in total. The number of likely N-dealkylation sites (tertiary alicyclic amines) is 1. The number of nitrogens with one attached hydrogen (secondary N) is 2. The quantitative estimate of drug-likeness (QED) is 0.727. The first-order valence-corrected chi connectivity index (χ1v) is 12.4. The van der Waals surface area contributed by atoms with E-state index < -0.39 is 0 Å². The fraction of sp³-hybridized carbons (Fsp3) is 0.500. The summed E-state index contributed by atoms with van der Waals surface area (Å²) in [5.41, 5.74) is 2.18. The summed E-state index contributed by atoms with van der Waals surface area (Å²) in [6, 6.07) is 3.76. The number of aromatic nitrogens is 1. The van der Waals surface area contributed by atoms with Gasteiger partial charge in [0, 0.05) is 36.4 Å². The van der Waals surface area contributed by atoms with E-state index in [9.17, 15) is 14.4 Å². The van der Waals surface area contributed by atoms with Crippen molar-refractivity contribution in [1.82, 2.24) is 15.2 Å². The van der Waals surface area contributed by atoms with Crippen LogP contribution in [0.5, 0.6) is 0 Å². The van der Waals surface area contributed by atoms with E-state index in [2.05, 4.69) is 15.6 Å². The highest BCUT2D eigenvalue weighted by atomic mass is 32.1. The van der Waals surface area contributed by atoms with Crippen molar-refractivity contribution < 1.29 is 14.4 Å². The molecule has 1 atom stereocenters. The number of piperidine rings is 1. The van der Waals surface area contributed by atoms with E-state index in [0.29, 0.717) is 35.3 Å². The summed E-state index contributed by atoms with van der Waals surface area (Å²) in [6.45, 7) is 1.09. The first-order chi connectivity index (χ1) is 15.6. The number of pyridine rings is 1. The van der Waals surface area contributed by atoms with Gasteiger partial charge in [-0.1, -0.05) is 0 Å². The van der Waals surface area contributed by atoms with Gasteiger partial charge in [-0.15, -0.1) is 11.3 Å². The molecule has 2 aliphatic carbocycles. The lowest BCUT2D eigenvalue weighted by atomic mass is 9.93. The second kappa shape index (κ2) is 9.02. The van der Waals surface area contributed by atoms with Crippen LogP contribution in [0.4, 0.5) is 5.00 Å². The Hall–Kier alpha value is -2.74. The Morgan fingerprint density at radius 1 is 1.09 bits per heavy atom. The van der Waals surface area contributed by atoms with Crippen LogP contribution in [-0.2, 0) is 17.6 Å². The fourth-order valence-corrected chi connectivity index (χ4v) is 5.91. The third-order valence-electron chi connectivity index (χ3n) is 6.54. The van der Waals surface area contributed by atoms with Gasteiger partial charge in [-0.25, -0.2) is 0 Å². The molecular weight excluding hydrogens is 424 g/mol. The molecular formula is C24H28N4O3S. The van der Waals surface area contributed by atoms with Gasteiger partial charge in [-0.05, 0) is 69.1 Å². The number of fused-ring (bicyclic) bond motifs is 1. The van der Waals surface area contributed by atoms with Gasteiger partial charge in [-0.2, -0.15) is 0 Å². The lowest BCUT2D eigenvalue weighted by molar-refractivity contribution is -0.126. The molecule has 3 aliphatic rings. The molecule has 0 aromatic carbocycles. The fourth-order valence-electron chi connectivity index (χ4n) is 4.63. The zero-order valence-electron chi connectivity index (χ0n) is 18.1. The topological polar surface area (TPSA) is 91.4 Å². The minimum atomic E-state index is -0.258. The van der Waals surface area contributed by atoms with Crippen LogP contribution < -0.4 is 10.6 Å². The molecule has 0 radical (unpaired) electrons. The molecule has 168 valence electrons. The number of carbonyl (C=O) groups is 3. The molecule has 0 bridgehead atoms. The maximum absolute atomic E-state index is 13.7. The Kier molecular flexibility index (Phi) is 5.95. The molecule has 1 saturated heterocycles. The minimum absolute atomic E-state index is 0.0604. The highest BCUT2D eigenvalue weighted by Crippen LogP contribution is 2.39. The molecule has 0 spiro atoms. The van der Waals surface area contributed by atoms with Crippen molar-refractivity contribution in [2.75, 3.05) is 18.4 Å². The van der Waals surface area contributed by atoms with E-state index in [4.69, 9.17) is 0 Å². The summed E-state index contributed by atoms with van der Waals surface area (Å²) in [5, 5.41) is 6.70. The van der Waals surface area contributed by atoms with Gasteiger partial charge in [-0.3, -0.25) is 19.4 Å². The van der Waals surface area contributed by atoms with E-state index in [1.54, 1.807) is 18.3 Å². The standard InChI is InChI=1S/C24H28N4O3S/c29-21(15-5-3-11-25-13-15)27-23-20(18-7-1-2-8-19(18)32-23)24(31)28-12-4-6-16(14-28)22(30)26-17-9-10-17/h3,5,11,13,16-17H,1-2,4,6-10,12,14H2,(H,26,30)(H,27,29). The van der Waals surface area contributed by atoms with E-state index in [0.717, 1.165) is 56.9 Å². The molecule has 2 aromatic heterocycles. The Balaban J connectivity index is 1.38. The van der Waals surface area contributed by atoms with Gasteiger partial charge in [0.05, 0.1) is 17.0 Å². The minimum Gasteiger partial charge on any atom is -0.353 e. The van der Waals surface area contributed by atoms with Gasteiger partial charge >= 0.3 is 0 Å². The van der Waals surface area contributed by atoms with Crippen LogP contribution >= 0.6 is 11.3 Å². The zero-order chi connectivity index (χ0) is 22.1. The Labute approximate surface area is 191 Å². The molecule has 1 aliphatic heterocycles. The first-order valence-electron chi connectivity index (χ1n) is 11.6. The maximum Gasteiger partial charge on any atom is 0.257 e. The maximum atomic E-state index is 13.7. The SMILES string of the molecule is O=C(Nc1sc2c(c1C(=O)N1CCCC(C(=O)NC3CC3)C1)CCCC2)c1cccnc1. The number of amides is 3. The molecule has 2 fully saturated rings. The molecule has 2 aromatic rings. The predicted molar refractivity (Wildman–Crippen MR) is 123 cm³/mol. The van der Waals surface area contributed by atoms with Gasteiger partial charge in [0.25, 0.3) is 11.8 Å². The molecule has 8 heteroatoms. The van der Waals surface area contributed by atoms with Crippen molar-refractivity contribution in [2.24, 2.45) is 5.92 Å². The Morgan fingerprint density at radius 2 is 1.94 bits per heavy atom. The van der Waals surface area contributed by atoms with Gasteiger partial charge in [0.1, 0.15) is 5.00 Å². The molecule has 2 N–H and O–H groups in total. The number of aryl methyl sites for hydroxylation is 1. The van der Waals surface area contributed by atoms with Crippen molar-refractivity contribution >= 4 is 34.1 Å². The van der Waals surface area contributed by atoms with Crippen molar-refractivity contribution in [3.63, 3.8) is 0 Å². The van der Waals surface area contributed by atoms with E-state index in [1.165, 1.54) is 22.4 Å². The average molecular weight is 453 g/mol. The van der Waals surface area contributed by atoms with E-state index in [-0.39, 0.29) is 23.6 Å². The van der Waals surface area contributed by atoms with Gasteiger partial charge in [0.2, 0.25) is 5.91 Å². The largest absolute Gasteiger partial charge is 0.353 e. The van der Waals surface area contributed by atoms with Crippen LogP contribution in [0.25, 0.3) is 0 Å². The molecule has 32 heavy (non-hydrogen) atoms. The molecule has 5 rings (SSSR count). The number of thiophene rings is 1. The van der Waals surface area contributed by atoms with Crippen LogP contribution in [-0.4, -0.2) is 46.7 Å². The Bertz CT molecular complexity index is 1030.